The quantitative estimate of drug-likeness (QED) is 0.737. The predicted molar refractivity (Wildman–Crippen MR) is 103 cm³/mol. The molecule has 132 valence electrons. The molecular weight excluding hydrogens is 324 g/mol. The Morgan fingerprint density at radius 2 is 1.92 bits per heavy atom. The van der Waals surface area contributed by atoms with Crippen molar-refractivity contribution in [2.75, 3.05) is 19.7 Å². The van der Waals surface area contributed by atoms with Gasteiger partial charge in [-0.1, -0.05) is 36.4 Å². The van der Waals surface area contributed by atoms with Crippen molar-refractivity contribution >= 4 is 16.7 Å². The van der Waals surface area contributed by atoms with Crippen LogP contribution in [0.3, 0.4) is 0 Å². The number of piperidine rings is 1. The highest BCUT2D eigenvalue weighted by molar-refractivity contribution is 6.11. The number of aromatic nitrogens is 1. The maximum Gasteiger partial charge on any atom is 0.189 e. The molecule has 4 nitrogen and oxygen atoms in total. The number of rotatable bonds is 2. The van der Waals surface area contributed by atoms with E-state index in [2.05, 4.69) is 34.6 Å². The molecule has 1 unspecified atom stereocenters. The van der Waals surface area contributed by atoms with Crippen molar-refractivity contribution in [3.05, 3.63) is 59.2 Å². The Balaban J connectivity index is 1.57. The molecule has 2 N–H and O–H groups in total. The van der Waals surface area contributed by atoms with Crippen LogP contribution in [0.5, 0.6) is 0 Å². The number of carbonyl (C=O) groups is 1. The number of aromatic amines is 1. The first-order chi connectivity index (χ1) is 12.8. The first-order valence-corrected chi connectivity index (χ1v) is 9.37. The molecule has 1 atom stereocenters. The Kier molecular flexibility index (Phi) is 3.88. The van der Waals surface area contributed by atoms with Gasteiger partial charge in [0.2, 0.25) is 0 Å². The van der Waals surface area contributed by atoms with Gasteiger partial charge in [-0.25, -0.2) is 0 Å². The highest BCUT2D eigenvalue weighted by Crippen LogP contribution is 2.35. The molecule has 5 rings (SSSR count). The molecule has 1 fully saturated rings. The van der Waals surface area contributed by atoms with Gasteiger partial charge in [0.05, 0.1) is 12.3 Å². The van der Waals surface area contributed by atoms with Crippen LogP contribution in [-0.4, -0.2) is 30.5 Å². The van der Waals surface area contributed by atoms with Crippen LogP contribution in [0.4, 0.5) is 0 Å². The number of H-pyrrole nitrogens is 1. The Morgan fingerprint density at radius 3 is 2.73 bits per heavy atom. The summed E-state index contributed by atoms with van der Waals surface area (Å²) in [6.07, 6.45) is 2.50. The van der Waals surface area contributed by atoms with Gasteiger partial charge in [0.25, 0.3) is 0 Å². The number of hydrogen-bond donors (Lipinski definition) is 2. The summed E-state index contributed by atoms with van der Waals surface area (Å²) in [5, 5.41) is 4.50. The lowest BCUT2D eigenvalue weighted by Crippen LogP contribution is -2.28. The fraction of sp³-hybridized carbons (Fsp3) is 0.318. The number of carbonyl (C=O) groups excluding carboxylic acids is 1. The number of Topliss-reactive ketones (excluding diaryl/α,β-unsaturated/α-hetero) is 1. The average molecular weight is 346 g/mol. The summed E-state index contributed by atoms with van der Waals surface area (Å²) in [5.74, 6) is 0.662. The molecule has 3 aromatic rings. The second kappa shape index (κ2) is 6.38. The summed E-state index contributed by atoms with van der Waals surface area (Å²) in [7, 11) is 0. The van der Waals surface area contributed by atoms with Crippen LogP contribution < -0.4 is 5.32 Å². The van der Waals surface area contributed by atoms with Crippen molar-refractivity contribution in [3.8, 4) is 11.3 Å². The van der Waals surface area contributed by atoms with Crippen molar-refractivity contribution in [2.45, 2.75) is 25.4 Å². The molecule has 26 heavy (non-hydrogen) atoms. The first kappa shape index (κ1) is 15.8. The normalized spacial score (nSPS) is 20.3. The van der Waals surface area contributed by atoms with E-state index in [1.54, 1.807) is 0 Å². The van der Waals surface area contributed by atoms with Crippen LogP contribution in [-0.2, 0) is 11.3 Å². The second-order valence-electron chi connectivity index (χ2n) is 7.29. The molecule has 1 saturated heterocycles. The fourth-order valence-corrected chi connectivity index (χ4v) is 4.32. The van der Waals surface area contributed by atoms with Crippen LogP contribution >= 0.6 is 0 Å². The van der Waals surface area contributed by atoms with Crippen LogP contribution in [0.25, 0.3) is 22.2 Å². The van der Waals surface area contributed by atoms with Crippen LogP contribution in [0.1, 0.15) is 40.2 Å². The number of nitrogens with one attached hydrogen (secondary N) is 2. The van der Waals surface area contributed by atoms with E-state index in [9.17, 15) is 4.79 Å². The van der Waals surface area contributed by atoms with Crippen molar-refractivity contribution in [3.63, 3.8) is 0 Å². The van der Waals surface area contributed by atoms with Gasteiger partial charge >= 0.3 is 0 Å². The smallest absolute Gasteiger partial charge is 0.189 e. The van der Waals surface area contributed by atoms with Gasteiger partial charge in [0.15, 0.2) is 5.78 Å². The molecule has 4 heteroatoms. The van der Waals surface area contributed by atoms with E-state index < -0.39 is 0 Å². The largest absolute Gasteiger partial charge is 0.369 e. The average Bonchev–Trinajstić information content (AvgIpc) is 2.98. The van der Waals surface area contributed by atoms with Crippen molar-refractivity contribution < 1.29 is 9.53 Å². The Labute approximate surface area is 152 Å². The third kappa shape index (κ3) is 2.57. The molecule has 2 aliphatic rings. The molecule has 2 aliphatic heterocycles. The van der Waals surface area contributed by atoms with Gasteiger partial charge in [0, 0.05) is 28.6 Å². The molecule has 0 radical (unpaired) electrons. The number of hydrogen-bond acceptors (Lipinski definition) is 3. The molecule has 3 heterocycles. The highest BCUT2D eigenvalue weighted by Gasteiger charge is 2.23. The van der Waals surface area contributed by atoms with Gasteiger partial charge in [0.1, 0.15) is 6.61 Å². The maximum absolute atomic E-state index is 12.3. The summed E-state index contributed by atoms with van der Waals surface area (Å²) < 4.78 is 5.64. The Bertz CT molecular complexity index is 966. The lowest BCUT2D eigenvalue weighted by atomic mass is 9.90. The van der Waals surface area contributed by atoms with E-state index in [4.69, 9.17) is 4.74 Å². The second-order valence-corrected chi connectivity index (χ2v) is 7.29. The minimum Gasteiger partial charge on any atom is -0.369 e. The topological polar surface area (TPSA) is 54.1 Å². The summed E-state index contributed by atoms with van der Waals surface area (Å²) in [6, 6.07) is 14.7. The summed E-state index contributed by atoms with van der Waals surface area (Å²) in [5.41, 5.74) is 6.47. The van der Waals surface area contributed by atoms with Gasteiger partial charge in [-0.05, 0) is 42.5 Å². The Morgan fingerprint density at radius 1 is 1.04 bits per heavy atom. The number of benzene rings is 2. The Hall–Kier alpha value is -2.43. The van der Waals surface area contributed by atoms with Gasteiger partial charge < -0.3 is 15.0 Å². The molecule has 1 aromatic heterocycles. The lowest BCUT2D eigenvalue weighted by molar-refractivity contribution is 0.0742. The molecule has 0 spiro atoms. The third-order valence-electron chi connectivity index (χ3n) is 5.68. The monoisotopic (exact) mass is 346 g/mol. The number of ketones is 1. The standard InChI is InChI=1S/C22H22N2O2/c25-20-13-26-12-18-21-17(20)4-1-5-19(21)24-22(18)15-8-6-14(7-9-15)16-3-2-10-23-11-16/h1,4-9,16,23-24H,2-3,10-13H2. The van der Waals surface area contributed by atoms with Crippen LogP contribution in [0.15, 0.2) is 42.5 Å². The van der Waals surface area contributed by atoms with Crippen LogP contribution in [0, 0.1) is 0 Å². The van der Waals surface area contributed by atoms with Gasteiger partial charge in [-0.2, -0.15) is 0 Å². The van der Waals surface area contributed by atoms with E-state index >= 15 is 0 Å². The zero-order valence-electron chi connectivity index (χ0n) is 14.7. The fourth-order valence-electron chi connectivity index (χ4n) is 4.32. The minimum absolute atomic E-state index is 0.0556. The van der Waals surface area contributed by atoms with Crippen molar-refractivity contribution in [1.29, 1.82) is 0 Å². The summed E-state index contributed by atoms with van der Waals surface area (Å²) in [4.78, 5) is 15.8. The van der Waals surface area contributed by atoms with Gasteiger partial charge in [-0.15, -0.1) is 0 Å². The third-order valence-corrected chi connectivity index (χ3v) is 5.68. The zero-order chi connectivity index (χ0) is 17.5. The minimum atomic E-state index is 0.0556. The highest BCUT2D eigenvalue weighted by atomic mass is 16.5. The molecular formula is C22H22N2O2. The van der Waals surface area contributed by atoms with Crippen molar-refractivity contribution in [1.82, 2.24) is 10.3 Å². The number of ether oxygens (including phenoxy) is 1. The van der Waals surface area contributed by atoms with E-state index in [0.29, 0.717) is 12.5 Å². The van der Waals surface area contributed by atoms with E-state index in [1.807, 2.05) is 18.2 Å². The van der Waals surface area contributed by atoms with E-state index in [0.717, 1.165) is 46.4 Å². The van der Waals surface area contributed by atoms with E-state index in [-0.39, 0.29) is 12.4 Å². The van der Waals surface area contributed by atoms with Crippen LogP contribution in [0.2, 0.25) is 0 Å². The zero-order valence-corrected chi connectivity index (χ0v) is 14.7. The molecule has 0 aliphatic carbocycles. The summed E-state index contributed by atoms with van der Waals surface area (Å²) in [6.45, 7) is 2.82. The maximum atomic E-state index is 12.3. The first-order valence-electron chi connectivity index (χ1n) is 9.37. The SMILES string of the molecule is O=C1COCc2c(-c3ccc(C4CCCNC4)cc3)[nH]c3cccc1c23. The molecule has 2 aromatic carbocycles. The van der Waals surface area contributed by atoms with Crippen molar-refractivity contribution in [2.24, 2.45) is 0 Å². The predicted octanol–water partition coefficient (Wildman–Crippen LogP) is 4.01. The molecule has 0 saturated carbocycles. The van der Waals surface area contributed by atoms with Gasteiger partial charge in [-0.3, -0.25) is 4.79 Å². The summed E-state index contributed by atoms with van der Waals surface area (Å²) >= 11 is 0. The molecule has 0 amide bonds. The van der Waals surface area contributed by atoms with E-state index in [1.165, 1.54) is 18.4 Å². The molecule has 0 bridgehead atoms. The lowest BCUT2D eigenvalue weighted by Gasteiger charge is -2.23.